The smallest absolute Gasteiger partial charge is 0.414 e. The molecule has 0 saturated carbocycles. The maximum Gasteiger partial charge on any atom is 0.414 e. The molecule has 0 unspecified atom stereocenters. The van der Waals surface area contributed by atoms with Gasteiger partial charge < -0.3 is 4.74 Å². The summed E-state index contributed by atoms with van der Waals surface area (Å²) in [4.78, 5) is 13.8. The fourth-order valence-corrected chi connectivity index (χ4v) is 2.24. The number of benzene rings is 1. The van der Waals surface area contributed by atoms with E-state index >= 15 is 0 Å². The lowest BCUT2D eigenvalue weighted by Gasteiger charge is -2.32. The number of anilines is 1. The minimum absolute atomic E-state index is 0.379. The molecular weight excluding hydrogens is 240 g/mol. The first-order valence-corrected chi connectivity index (χ1v) is 6.45. The van der Waals surface area contributed by atoms with Crippen molar-refractivity contribution in [1.29, 1.82) is 5.26 Å². The Bertz CT molecular complexity index is 538. The first-order chi connectivity index (χ1) is 8.92. The van der Waals surface area contributed by atoms with Crippen molar-refractivity contribution in [3.63, 3.8) is 0 Å². The van der Waals surface area contributed by atoms with Crippen LogP contribution in [0.5, 0.6) is 0 Å². The molecule has 4 heteroatoms. The van der Waals surface area contributed by atoms with Crippen LogP contribution in [0, 0.1) is 11.3 Å². The highest BCUT2D eigenvalue weighted by atomic mass is 16.6. The lowest BCUT2D eigenvalue weighted by Crippen LogP contribution is -2.40. The second kappa shape index (κ2) is 4.93. The lowest BCUT2D eigenvalue weighted by molar-refractivity contribution is 0.0577. The Morgan fingerprint density at radius 1 is 1.42 bits per heavy atom. The predicted molar refractivity (Wildman–Crippen MR) is 73.1 cm³/mol. The van der Waals surface area contributed by atoms with Gasteiger partial charge in [0.25, 0.3) is 0 Å². The summed E-state index contributed by atoms with van der Waals surface area (Å²) in [5.74, 6) is 0. The minimum atomic E-state index is -0.531. The van der Waals surface area contributed by atoms with Gasteiger partial charge in [-0.25, -0.2) is 4.79 Å². The topological polar surface area (TPSA) is 53.3 Å². The summed E-state index contributed by atoms with van der Waals surface area (Å²) in [7, 11) is 0. The highest BCUT2D eigenvalue weighted by molar-refractivity contribution is 5.91. The van der Waals surface area contributed by atoms with E-state index in [-0.39, 0.29) is 6.09 Å². The Hall–Kier alpha value is -2.02. The molecule has 19 heavy (non-hydrogen) atoms. The summed E-state index contributed by atoms with van der Waals surface area (Å²) in [6.45, 7) is 6.12. The number of amides is 1. The van der Waals surface area contributed by atoms with Crippen LogP contribution in [-0.2, 0) is 11.2 Å². The van der Waals surface area contributed by atoms with Crippen LogP contribution in [0.2, 0.25) is 0 Å². The summed E-state index contributed by atoms with van der Waals surface area (Å²) in [5, 5.41) is 9.20. The van der Waals surface area contributed by atoms with Gasteiger partial charge in [0.1, 0.15) is 11.7 Å². The van der Waals surface area contributed by atoms with Crippen LogP contribution >= 0.6 is 0 Å². The quantitative estimate of drug-likeness (QED) is 0.717. The number of nitriles is 1. The number of para-hydroxylation sites is 1. The highest BCUT2D eigenvalue weighted by Gasteiger charge is 2.29. The molecule has 1 aromatic carbocycles. The average Bonchev–Trinajstić information content (AvgIpc) is 2.35. The molecule has 2 rings (SSSR count). The van der Waals surface area contributed by atoms with Gasteiger partial charge in [-0.3, -0.25) is 4.90 Å². The van der Waals surface area contributed by atoms with Crippen LogP contribution in [0.1, 0.15) is 38.3 Å². The van der Waals surface area contributed by atoms with Crippen LogP contribution in [0.4, 0.5) is 10.5 Å². The van der Waals surface area contributed by atoms with Gasteiger partial charge in [0.05, 0.1) is 11.3 Å². The number of aryl methyl sites for hydroxylation is 1. The number of hydrogen-bond donors (Lipinski definition) is 0. The average molecular weight is 258 g/mol. The monoisotopic (exact) mass is 258 g/mol. The van der Waals surface area contributed by atoms with E-state index in [0.717, 1.165) is 18.4 Å². The summed E-state index contributed by atoms with van der Waals surface area (Å²) in [6, 6.07) is 7.71. The van der Waals surface area contributed by atoms with Gasteiger partial charge >= 0.3 is 6.09 Å². The molecular formula is C15H18N2O2. The molecule has 0 N–H and O–H groups in total. The van der Waals surface area contributed by atoms with Crippen molar-refractivity contribution in [2.75, 3.05) is 11.4 Å². The molecule has 0 fully saturated rings. The van der Waals surface area contributed by atoms with Crippen LogP contribution in [0.25, 0.3) is 0 Å². The van der Waals surface area contributed by atoms with E-state index in [0.29, 0.717) is 17.8 Å². The Labute approximate surface area is 113 Å². The van der Waals surface area contributed by atoms with E-state index in [4.69, 9.17) is 4.74 Å². The van der Waals surface area contributed by atoms with Crippen molar-refractivity contribution in [2.45, 2.75) is 39.2 Å². The molecule has 1 heterocycles. The van der Waals surface area contributed by atoms with E-state index < -0.39 is 5.60 Å². The Balaban J connectivity index is 2.37. The summed E-state index contributed by atoms with van der Waals surface area (Å²) < 4.78 is 5.41. The molecule has 4 nitrogen and oxygen atoms in total. The molecule has 0 radical (unpaired) electrons. The molecule has 100 valence electrons. The van der Waals surface area contributed by atoms with Crippen molar-refractivity contribution in [2.24, 2.45) is 0 Å². The minimum Gasteiger partial charge on any atom is -0.443 e. The first-order valence-electron chi connectivity index (χ1n) is 6.45. The molecule has 0 spiro atoms. The molecule has 0 bridgehead atoms. The number of nitrogens with zero attached hydrogens (tertiary/aromatic N) is 2. The molecule has 1 amide bonds. The fourth-order valence-electron chi connectivity index (χ4n) is 2.24. The normalized spacial score (nSPS) is 14.5. The second-order valence-electron chi connectivity index (χ2n) is 5.66. The van der Waals surface area contributed by atoms with Crippen molar-refractivity contribution >= 4 is 11.8 Å². The molecule has 0 aromatic heterocycles. The van der Waals surface area contributed by atoms with E-state index in [1.165, 1.54) is 0 Å². The highest BCUT2D eigenvalue weighted by Crippen LogP contribution is 2.31. The zero-order chi connectivity index (χ0) is 14.0. The van der Waals surface area contributed by atoms with E-state index in [1.54, 1.807) is 11.0 Å². The number of carbonyl (C=O) groups is 1. The predicted octanol–water partition coefficient (Wildman–Crippen LogP) is 3.25. The summed E-state index contributed by atoms with van der Waals surface area (Å²) in [6.07, 6.45) is 1.40. The maximum absolute atomic E-state index is 12.2. The molecule has 0 atom stereocenters. The van der Waals surface area contributed by atoms with Crippen LogP contribution in [0.15, 0.2) is 18.2 Å². The van der Waals surface area contributed by atoms with Gasteiger partial charge in [-0.1, -0.05) is 12.1 Å². The zero-order valence-corrected chi connectivity index (χ0v) is 11.6. The fraction of sp³-hybridized carbons (Fsp3) is 0.467. The molecule has 1 aromatic rings. The Kier molecular flexibility index (Phi) is 3.48. The second-order valence-corrected chi connectivity index (χ2v) is 5.66. The maximum atomic E-state index is 12.2. The zero-order valence-electron chi connectivity index (χ0n) is 11.6. The van der Waals surface area contributed by atoms with E-state index in [1.807, 2.05) is 32.9 Å². The number of hydrogen-bond acceptors (Lipinski definition) is 3. The Morgan fingerprint density at radius 3 is 2.79 bits per heavy atom. The number of fused-ring (bicyclic) bond motifs is 1. The van der Waals surface area contributed by atoms with Crippen molar-refractivity contribution in [3.05, 3.63) is 29.3 Å². The number of carbonyl (C=O) groups excluding carboxylic acids is 1. The van der Waals surface area contributed by atoms with Crippen LogP contribution in [0.3, 0.4) is 0 Å². The van der Waals surface area contributed by atoms with Gasteiger partial charge in [-0.2, -0.15) is 5.26 Å². The number of ether oxygens (including phenoxy) is 1. The van der Waals surface area contributed by atoms with Gasteiger partial charge in [-0.15, -0.1) is 0 Å². The van der Waals surface area contributed by atoms with Crippen LogP contribution in [-0.4, -0.2) is 18.2 Å². The Morgan fingerprint density at radius 2 is 2.16 bits per heavy atom. The van der Waals surface area contributed by atoms with Crippen molar-refractivity contribution in [1.82, 2.24) is 0 Å². The molecule has 1 aliphatic heterocycles. The molecule has 1 aliphatic rings. The van der Waals surface area contributed by atoms with Crippen LogP contribution < -0.4 is 4.90 Å². The van der Waals surface area contributed by atoms with Crippen molar-refractivity contribution in [3.8, 4) is 6.07 Å². The van der Waals surface area contributed by atoms with Gasteiger partial charge in [0, 0.05) is 6.54 Å². The van der Waals surface area contributed by atoms with Gasteiger partial charge in [0.15, 0.2) is 0 Å². The van der Waals surface area contributed by atoms with Gasteiger partial charge in [0.2, 0.25) is 0 Å². The number of rotatable bonds is 0. The van der Waals surface area contributed by atoms with E-state index in [2.05, 4.69) is 6.07 Å². The third kappa shape index (κ3) is 2.87. The summed E-state index contributed by atoms with van der Waals surface area (Å²) in [5.41, 5.74) is 1.75. The van der Waals surface area contributed by atoms with Gasteiger partial charge in [-0.05, 0) is 45.2 Å². The largest absolute Gasteiger partial charge is 0.443 e. The van der Waals surface area contributed by atoms with Crippen molar-refractivity contribution < 1.29 is 9.53 Å². The lowest BCUT2D eigenvalue weighted by atomic mass is 9.98. The molecule has 0 saturated heterocycles. The summed E-state index contributed by atoms with van der Waals surface area (Å²) >= 11 is 0. The third-order valence-corrected chi connectivity index (χ3v) is 2.95. The molecule has 0 aliphatic carbocycles. The van der Waals surface area contributed by atoms with E-state index in [9.17, 15) is 10.1 Å². The first kappa shape index (κ1) is 13.4. The SMILES string of the molecule is CC(C)(C)OC(=O)N1CCCc2cccc(C#N)c21. The third-order valence-electron chi connectivity index (χ3n) is 2.95. The standard InChI is InChI=1S/C15H18N2O2/c1-15(2,3)19-14(18)17-9-5-8-11-6-4-7-12(10-16)13(11)17/h4,6-7H,5,8-9H2,1-3H3.